The fraction of sp³-hybridized carbons (Fsp3) is 0.250. The van der Waals surface area contributed by atoms with E-state index >= 15 is 0 Å². The summed E-state index contributed by atoms with van der Waals surface area (Å²) in [5.41, 5.74) is 1.83. The molecule has 1 amide bonds. The Bertz CT molecular complexity index is 983. The van der Waals surface area contributed by atoms with Gasteiger partial charge in [0.2, 0.25) is 0 Å². The molecule has 0 saturated carbocycles. The van der Waals surface area contributed by atoms with E-state index in [1.165, 1.54) is 0 Å². The van der Waals surface area contributed by atoms with Gasteiger partial charge in [-0.1, -0.05) is 23.2 Å². The van der Waals surface area contributed by atoms with Crippen LogP contribution < -0.4 is 10.1 Å². The molecule has 142 valence electrons. The van der Waals surface area contributed by atoms with Crippen molar-refractivity contribution in [3.63, 3.8) is 0 Å². The summed E-state index contributed by atoms with van der Waals surface area (Å²) in [7, 11) is 5.86. The van der Waals surface area contributed by atoms with Gasteiger partial charge in [0.25, 0.3) is 5.91 Å². The normalized spacial score (nSPS) is 11.2. The highest BCUT2D eigenvalue weighted by atomic mass is 35.5. The maximum absolute atomic E-state index is 12.8. The number of benzene rings is 2. The maximum Gasteiger partial charge on any atom is 0.257 e. The van der Waals surface area contributed by atoms with Crippen molar-refractivity contribution in [1.82, 2.24) is 9.47 Å². The number of aryl methyl sites for hydroxylation is 1. The molecule has 0 unspecified atom stereocenters. The van der Waals surface area contributed by atoms with Crippen LogP contribution in [0.2, 0.25) is 10.0 Å². The number of amides is 1. The van der Waals surface area contributed by atoms with Crippen LogP contribution >= 0.6 is 23.2 Å². The molecule has 2 aromatic carbocycles. The smallest absolute Gasteiger partial charge is 0.257 e. The van der Waals surface area contributed by atoms with Crippen LogP contribution in [0.1, 0.15) is 10.4 Å². The number of rotatable bonds is 6. The molecule has 0 radical (unpaired) electrons. The van der Waals surface area contributed by atoms with Crippen molar-refractivity contribution in [1.29, 1.82) is 0 Å². The lowest BCUT2D eigenvalue weighted by atomic mass is 10.1. The van der Waals surface area contributed by atoms with Crippen LogP contribution in [0.25, 0.3) is 10.9 Å². The topological polar surface area (TPSA) is 46.5 Å². The average Bonchev–Trinajstić information content (AvgIpc) is 2.95. The van der Waals surface area contributed by atoms with E-state index in [1.807, 2.05) is 42.9 Å². The highest BCUT2D eigenvalue weighted by Gasteiger charge is 2.16. The lowest BCUT2D eigenvalue weighted by Gasteiger charge is -2.15. The zero-order valence-electron chi connectivity index (χ0n) is 15.4. The molecule has 0 saturated heterocycles. The van der Waals surface area contributed by atoms with Crippen LogP contribution in [-0.2, 0) is 7.05 Å². The monoisotopic (exact) mass is 405 g/mol. The lowest BCUT2D eigenvalue weighted by molar-refractivity contribution is 0.102. The number of anilines is 1. The number of nitrogens with one attached hydrogen (secondary N) is 1. The van der Waals surface area contributed by atoms with E-state index in [0.717, 1.165) is 17.4 Å². The number of aromatic nitrogens is 1. The second kappa shape index (κ2) is 8.21. The molecule has 0 spiro atoms. The lowest BCUT2D eigenvalue weighted by Crippen LogP contribution is -2.20. The van der Waals surface area contributed by atoms with E-state index in [1.54, 1.807) is 30.3 Å². The van der Waals surface area contributed by atoms with Crippen LogP contribution in [0, 0.1) is 0 Å². The summed E-state index contributed by atoms with van der Waals surface area (Å²) in [6.07, 6.45) is 1.93. The van der Waals surface area contributed by atoms with Gasteiger partial charge < -0.3 is 19.5 Å². The number of ether oxygens (including phenoxy) is 1. The van der Waals surface area contributed by atoms with Crippen LogP contribution in [0.3, 0.4) is 0 Å². The molecule has 0 bridgehead atoms. The first-order valence-corrected chi connectivity index (χ1v) is 9.24. The predicted octanol–water partition coefficient (Wildman–Crippen LogP) is 4.68. The Balaban J connectivity index is 1.86. The molecule has 5 nitrogen and oxygen atoms in total. The summed E-state index contributed by atoms with van der Waals surface area (Å²) in [5, 5.41) is 4.75. The first-order chi connectivity index (χ1) is 12.8. The quantitative estimate of drug-likeness (QED) is 0.647. The molecule has 7 heteroatoms. The molecule has 0 atom stereocenters. The fourth-order valence-corrected chi connectivity index (χ4v) is 3.15. The van der Waals surface area contributed by atoms with Gasteiger partial charge in [0, 0.05) is 35.7 Å². The predicted molar refractivity (Wildman–Crippen MR) is 111 cm³/mol. The van der Waals surface area contributed by atoms with E-state index in [9.17, 15) is 4.79 Å². The van der Waals surface area contributed by atoms with Crippen molar-refractivity contribution in [2.45, 2.75) is 0 Å². The number of nitrogens with zero attached hydrogens (tertiary/aromatic N) is 2. The maximum atomic E-state index is 12.8. The van der Waals surface area contributed by atoms with Crippen LogP contribution in [0.5, 0.6) is 5.75 Å². The van der Waals surface area contributed by atoms with Crippen molar-refractivity contribution in [3.8, 4) is 5.75 Å². The Labute approximate surface area is 168 Å². The Morgan fingerprint density at radius 2 is 1.96 bits per heavy atom. The van der Waals surface area contributed by atoms with Crippen molar-refractivity contribution in [2.24, 2.45) is 7.05 Å². The standard InChI is InChI=1S/C20H21Cl2N3O2/c1-24(2)8-9-27-19-5-4-14(21)11-17(19)23-20(26)15-12-18-13(10-16(15)22)6-7-25(18)3/h4-7,10-12H,8-9H2,1-3H3,(H,23,26). The molecule has 0 aliphatic carbocycles. The third-order valence-corrected chi connectivity index (χ3v) is 4.75. The summed E-state index contributed by atoms with van der Waals surface area (Å²) in [5.74, 6) is 0.244. The highest BCUT2D eigenvalue weighted by molar-refractivity contribution is 6.35. The van der Waals surface area contributed by atoms with Crippen LogP contribution in [0.15, 0.2) is 42.6 Å². The van der Waals surface area contributed by atoms with E-state index < -0.39 is 0 Å². The number of hydrogen-bond acceptors (Lipinski definition) is 3. The molecule has 0 aliphatic rings. The van der Waals surface area contributed by atoms with Gasteiger partial charge in [-0.2, -0.15) is 0 Å². The molecular weight excluding hydrogens is 385 g/mol. The second-order valence-corrected chi connectivity index (χ2v) is 7.41. The van der Waals surface area contributed by atoms with E-state index in [2.05, 4.69) is 5.32 Å². The van der Waals surface area contributed by atoms with E-state index in [4.69, 9.17) is 27.9 Å². The van der Waals surface area contributed by atoms with Gasteiger partial charge in [0.15, 0.2) is 0 Å². The number of carbonyl (C=O) groups is 1. The Kier molecular flexibility index (Phi) is 5.95. The van der Waals surface area contributed by atoms with Gasteiger partial charge in [-0.25, -0.2) is 0 Å². The summed E-state index contributed by atoms with van der Waals surface area (Å²) in [6.45, 7) is 1.25. The molecule has 0 aliphatic heterocycles. The van der Waals surface area contributed by atoms with Gasteiger partial charge in [-0.15, -0.1) is 0 Å². The minimum absolute atomic E-state index is 0.317. The minimum atomic E-state index is -0.317. The summed E-state index contributed by atoms with van der Waals surface area (Å²) < 4.78 is 7.74. The first kappa shape index (κ1) is 19.5. The number of halogens is 2. The molecule has 1 heterocycles. The van der Waals surface area contributed by atoms with Crippen molar-refractivity contribution in [2.75, 3.05) is 32.6 Å². The summed E-state index contributed by atoms with van der Waals surface area (Å²) >= 11 is 12.4. The van der Waals surface area contributed by atoms with E-state index in [-0.39, 0.29) is 5.91 Å². The molecule has 1 N–H and O–H groups in total. The van der Waals surface area contributed by atoms with Crippen LogP contribution in [0.4, 0.5) is 5.69 Å². The Morgan fingerprint density at radius 3 is 2.70 bits per heavy atom. The molecular formula is C20H21Cl2N3O2. The van der Waals surface area contributed by atoms with Crippen LogP contribution in [-0.4, -0.2) is 42.6 Å². The molecule has 0 fully saturated rings. The number of carbonyl (C=O) groups excluding carboxylic acids is 1. The van der Waals surface area contributed by atoms with Gasteiger partial charge in [0.1, 0.15) is 12.4 Å². The van der Waals surface area contributed by atoms with Gasteiger partial charge in [0.05, 0.1) is 16.3 Å². The summed E-state index contributed by atoms with van der Waals surface area (Å²) in [4.78, 5) is 14.9. The number of hydrogen-bond donors (Lipinski definition) is 1. The largest absolute Gasteiger partial charge is 0.490 e. The number of fused-ring (bicyclic) bond motifs is 1. The molecule has 27 heavy (non-hydrogen) atoms. The molecule has 1 aromatic heterocycles. The average molecular weight is 406 g/mol. The summed E-state index contributed by atoms with van der Waals surface area (Å²) in [6, 6.07) is 10.7. The zero-order valence-corrected chi connectivity index (χ0v) is 16.9. The minimum Gasteiger partial charge on any atom is -0.490 e. The third-order valence-electron chi connectivity index (χ3n) is 4.20. The fourth-order valence-electron chi connectivity index (χ4n) is 2.72. The van der Waals surface area contributed by atoms with Crippen molar-refractivity contribution in [3.05, 3.63) is 58.2 Å². The van der Waals surface area contributed by atoms with Crippen molar-refractivity contribution >= 4 is 45.7 Å². The van der Waals surface area contributed by atoms with E-state index in [0.29, 0.717) is 33.7 Å². The van der Waals surface area contributed by atoms with Gasteiger partial charge in [-0.05, 0) is 50.5 Å². The van der Waals surface area contributed by atoms with Gasteiger partial charge in [-0.3, -0.25) is 4.79 Å². The third kappa shape index (κ3) is 4.56. The second-order valence-electron chi connectivity index (χ2n) is 6.56. The Hall–Kier alpha value is -2.21. The van der Waals surface area contributed by atoms with Gasteiger partial charge >= 0.3 is 0 Å². The molecule has 3 aromatic rings. The molecule has 3 rings (SSSR count). The highest BCUT2D eigenvalue weighted by Crippen LogP contribution is 2.30. The Morgan fingerprint density at radius 1 is 1.19 bits per heavy atom. The first-order valence-electron chi connectivity index (χ1n) is 8.48. The zero-order chi connectivity index (χ0) is 19.6. The number of likely N-dealkylation sites (N-methyl/N-ethyl adjacent to an activating group) is 1. The van der Waals surface area contributed by atoms with Crippen molar-refractivity contribution < 1.29 is 9.53 Å². The SMILES string of the molecule is CN(C)CCOc1ccc(Cl)cc1NC(=O)c1cc2c(ccn2C)cc1Cl.